The third-order valence-electron chi connectivity index (χ3n) is 9.79. The molecule has 0 aliphatic heterocycles. The molecule has 0 saturated carbocycles. The van der Waals surface area contributed by atoms with E-state index in [1.165, 1.54) is 43.1 Å². The third kappa shape index (κ3) is 5.21. The molecule has 6 aromatic rings. The number of benzene rings is 5. The van der Waals surface area contributed by atoms with Crippen LogP contribution in [-0.4, -0.2) is 20.7 Å². The summed E-state index contributed by atoms with van der Waals surface area (Å²) in [6, 6.07) is 27.1. The van der Waals surface area contributed by atoms with Gasteiger partial charge >= 0.3 is 5.78 Å². The predicted octanol–water partition coefficient (Wildman–Crippen LogP) is 10.7. The first-order valence-electron chi connectivity index (χ1n) is 14.9. The number of carbonyl (C=O) groups excluding carboxylic acids is 1. The second-order valence-corrected chi connectivity index (χ2v) is 11.8. The molecule has 42 heavy (non-hydrogen) atoms. The van der Waals surface area contributed by atoms with E-state index in [-0.39, 0.29) is 30.9 Å². The van der Waals surface area contributed by atoms with E-state index in [4.69, 9.17) is 0 Å². The quantitative estimate of drug-likeness (QED) is 0.0443. The van der Waals surface area contributed by atoms with Crippen LogP contribution in [0, 0.1) is 16.9 Å². The van der Waals surface area contributed by atoms with Gasteiger partial charge in [-0.2, -0.15) is 0 Å². The zero-order valence-corrected chi connectivity index (χ0v) is 27.9. The van der Waals surface area contributed by atoms with Gasteiger partial charge in [-0.15, -0.1) is 23.6 Å². The number of aliphatic hydroxyl groups excluding tert-OH is 1. The van der Waals surface area contributed by atoms with E-state index in [0.29, 0.717) is 11.5 Å². The summed E-state index contributed by atoms with van der Waals surface area (Å²) in [5.41, 5.74) is 0.589. The van der Waals surface area contributed by atoms with Crippen LogP contribution < -0.4 is 0 Å². The topological polar surface area (TPSA) is 54.5 Å². The van der Waals surface area contributed by atoms with E-state index in [1.807, 2.05) is 32.2 Å². The Morgan fingerprint density at radius 2 is 1.26 bits per heavy atom. The molecule has 6 rings (SSSR count). The molecule has 0 aliphatic carbocycles. The molecule has 0 amide bonds. The maximum atomic E-state index is 10.2. The minimum atomic E-state index is -0.226. The molecule has 219 valence electrons. The Balaban J connectivity index is 0.000000203. The minimum absolute atomic E-state index is 0. The minimum Gasteiger partial charge on any atom is -0.511 e. The molecule has 0 fully saturated rings. The number of fused-ring (bicyclic) bond motifs is 6. The molecule has 5 aromatic carbocycles. The summed E-state index contributed by atoms with van der Waals surface area (Å²) in [5, 5.41) is 21.6. The fourth-order valence-electron chi connectivity index (χ4n) is 5.92. The Kier molecular flexibility index (Phi) is 9.40. The summed E-state index contributed by atoms with van der Waals surface area (Å²) < 4.78 is 0. The number of rotatable bonds is 7. The van der Waals surface area contributed by atoms with Crippen LogP contribution in [-0.2, 0) is 20.1 Å². The van der Waals surface area contributed by atoms with Crippen LogP contribution in [0.5, 0.6) is 0 Å². The molecule has 0 saturated heterocycles. The monoisotopic (exact) mass is 736 g/mol. The Morgan fingerprint density at radius 1 is 0.738 bits per heavy atom. The number of pyridine rings is 1. The van der Waals surface area contributed by atoms with E-state index in [1.54, 1.807) is 6.08 Å². The van der Waals surface area contributed by atoms with Gasteiger partial charge in [0.25, 0.3) is 0 Å². The Morgan fingerprint density at radius 3 is 1.86 bits per heavy atom. The van der Waals surface area contributed by atoms with Gasteiger partial charge in [-0.3, -0.25) is 4.79 Å². The fourth-order valence-corrected chi connectivity index (χ4v) is 5.92. The zero-order chi connectivity index (χ0) is 29.4. The first-order valence-corrected chi connectivity index (χ1v) is 14.9. The maximum Gasteiger partial charge on any atom is 0.325 e. The molecule has 0 unspecified atom stereocenters. The van der Waals surface area contributed by atoms with E-state index >= 15 is 0 Å². The van der Waals surface area contributed by atoms with Gasteiger partial charge < -0.3 is 10.1 Å². The molecule has 2 N–H and O–H groups in total. The van der Waals surface area contributed by atoms with Crippen molar-refractivity contribution in [3.63, 3.8) is 0 Å². The number of nitrogens with zero attached hydrogens (tertiary/aromatic N) is 1. The predicted molar refractivity (Wildman–Crippen MR) is 177 cm³/mol. The fraction of sp³-hybridized carbons (Fsp3) is 0.316. The largest absolute Gasteiger partial charge is 0.511 e. The average molecular weight is 736 g/mol. The number of aliphatic hydroxyl groups is 1. The van der Waals surface area contributed by atoms with Gasteiger partial charge in [-0.1, -0.05) is 93.9 Å². The normalized spacial score (nSPS) is 12.6. The molecular weight excluding hydrogens is 695 g/mol. The van der Waals surface area contributed by atoms with Crippen molar-refractivity contribution in [2.75, 3.05) is 0 Å². The number of hydrogen-bond donors (Lipinski definition) is 1. The zero-order valence-electron chi connectivity index (χ0n) is 25.5. The average Bonchev–Trinajstić information content (AvgIpc) is 3.03. The van der Waals surface area contributed by atoms with Crippen molar-refractivity contribution < 1.29 is 30.0 Å². The SMILES string of the molecule is CCC(C)(CC)C(=[OH+])/C=C(\O)C(C)(CC)CC.[Ir].[c-]1ccc2c3ccccc3c3cccc4c5cccnc5c1c2c34. The van der Waals surface area contributed by atoms with Gasteiger partial charge in [0.15, 0.2) is 0 Å². The Hall–Kier alpha value is -3.33. The van der Waals surface area contributed by atoms with Gasteiger partial charge in [0.05, 0.1) is 11.5 Å². The third-order valence-corrected chi connectivity index (χ3v) is 9.79. The molecule has 0 bridgehead atoms. The standard InChI is InChI=1S/C23H12N.C15H28O2.Ir/c1-2-7-15-14(6-1)16-8-3-10-18-19-12-5-13-24-23(19)20-11-4-9-17(15)22(20)21(16)18;1-7-14(5,8-2)12(16)11-13(17)15(6,9-3)10-4;/h1-10,12-13H;11,16H,7-10H2,1-6H3;/q-1;;/p+1/b;12-11-;. The van der Waals surface area contributed by atoms with Crippen molar-refractivity contribution in [3.8, 4) is 0 Å². The first kappa shape index (κ1) is 31.6. The molecule has 1 radical (unpaired) electrons. The van der Waals surface area contributed by atoms with Crippen LogP contribution >= 0.6 is 0 Å². The van der Waals surface area contributed by atoms with Crippen LogP contribution in [0.2, 0.25) is 0 Å². The maximum absolute atomic E-state index is 10.2. The van der Waals surface area contributed by atoms with Crippen molar-refractivity contribution in [2.24, 2.45) is 10.8 Å². The summed E-state index contributed by atoms with van der Waals surface area (Å²) in [4.78, 5) is 14.9. The number of hydrogen-bond acceptors (Lipinski definition) is 2. The van der Waals surface area contributed by atoms with Crippen LogP contribution in [0.4, 0.5) is 0 Å². The van der Waals surface area contributed by atoms with Gasteiger partial charge in [0.2, 0.25) is 0 Å². The van der Waals surface area contributed by atoms with Crippen LogP contribution in [0.15, 0.2) is 84.8 Å². The second-order valence-electron chi connectivity index (χ2n) is 11.8. The molecule has 0 aliphatic rings. The summed E-state index contributed by atoms with van der Waals surface area (Å²) >= 11 is 0. The summed E-state index contributed by atoms with van der Waals surface area (Å²) in [5.74, 6) is 0.598. The Labute approximate surface area is 262 Å². The second kappa shape index (κ2) is 12.5. The van der Waals surface area contributed by atoms with E-state index in [0.717, 1.165) is 36.6 Å². The smallest absolute Gasteiger partial charge is 0.325 e. The van der Waals surface area contributed by atoms with Crippen molar-refractivity contribution in [3.05, 3.63) is 90.8 Å². The number of allylic oxidation sites excluding steroid dienone is 2. The van der Waals surface area contributed by atoms with E-state index < -0.39 is 0 Å². The van der Waals surface area contributed by atoms with Crippen LogP contribution in [0.3, 0.4) is 0 Å². The molecule has 0 spiro atoms. The number of aromatic nitrogens is 1. The molecule has 3 nitrogen and oxygen atoms in total. The molecule has 1 aromatic heterocycles. The van der Waals surface area contributed by atoms with Crippen molar-refractivity contribution in [2.45, 2.75) is 67.2 Å². The molecular formula is C38H41IrNO2. The summed E-state index contributed by atoms with van der Waals surface area (Å²) in [6.45, 7) is 12.3. The van der Waals surface area contributed by atoms with E-state index in [2.05, 4.69) is 93.3 Å². The van der Waals surface area contributed by atoms with Crippen molar-refractivity contribution in [1.82, 2.24) is 4.98 Å². The molecule has 1 heterocycles. The van der Waals surface area contributed by atoms with Crippen molar-refractivity contribution >= 4 is 59.8 Å². The molecule has 0 atom stereocenters. The van der Waals surface area contributed by atoms with Crippen LogP contribution in [0.1, 0.15) is 67.2 Å². The van der Waals surface area contributed by atoms with Crippen molar-refractivity contribution in [1.29, 1.82) is 0 Å². The summed E-state index contributed by atoms with van der Waals surface area (Å²) in [7, 11) is 0. The van der Waals surface area contributed by atoms with Crippen LogP contribution in [0.25, 0.3) is 54.0 Å². The van der Waals surface area contributed by atoms with Gasteiger partial charge in [-0.25, -0.2) is 0 Å². The Bertz CT molecular complexity index is 1690. The summed E-state index contributed by atoms with van der Waals surface area (Å²) in [6.07, 6.45) is 6.92. The number of ketones is 1. The van der Waals surface area contributed by atoms with Gasteiger partial charge in [0.1, 0.15) is 5.76 Å². The van der Waals surface area contributed by atoms with Gasteiger partial charge in [-0.05, 0) is 76.5 Å². The van der Waals surface area contributed by atoms with E-state index in [9.17, 15) is 9.90 Å². The van der Waals surface area contributed by atoms with Gasteiger partial charge in [0, 0.05) is 31.7 Å². The molecule has 4 heteroatoms. The first-order chi connectivity index (χ1) is 19.7.